The number of hydrogen-bond donors (Lipinski definition) is 4. The van der Waals surface area contributed by atoms with Gasteiger partial charge in [0, 0.05) is 44.7 Å². The highest BCUT2D eigenvalue weighted by Crippen LogP contribution is 2.38. The third-order valence-corrected chi connectivity index (χ3v) is 9.91. The lowest BCUT2D eigenvalue weighted by Crippen LogP contribution is -2.15. The van der Waals surface area contributed by atoms with Crippen LogP contribution in [-0.2, 0) is 22.4 Å². The molecule has 0 fully saturated rings. The fourth-order valence-corrected chi connectivity index (χ4v) is 7.14. The summed E-state index contributed by atoms with van der Waals surface area (Å²) in [6.07, 6.45) is 3.21. The van der Waals surface area contributed by atoms with Gasteiger partial charge in [-0.15, -0.1) is 0 Å². The second-order valence-electron chi connectivity index (χ2n) is 9.47. The molecule has 0 bridgehead atoms. The Balaban J connectivity index is 1.19. The first-order valence-electron chi connectivity index (χ1n) is 13.9. The van der Waals surface area contributed by atoms with Crippen LogP contribution in [0.1, 0.15) is 38.1 Å². The number of hydrogen-bond acceptors (Lipinski definition) is 10. The number of aromatic amines is 2. The topological polar surface area (TPSA) is 150 Å². The molecule has 4 rings (SSSR count). The van der Waals surface area contributed by atoms with Crippen LogP contribution >= 0.6 is 45.1 Å². The zero-order valence-electron chi connectivity index (χ0n) is 24.2. The van der Waals surface area contributed by atoms with Gasteiger partial charge >= 0.3 is 0 Å². The van der Waals surface area contributed by atoms with Gasteiger partial charge in [0.05, 0.1) is 11.5 Å². The molecule has 2 heterocycles. The number of anilines is 2. The summed E-state index contributed by atoms with van der Waals surface area (Å²) < 4.78 is 0. The molecule has 0 aliphatic carbocycles. The van der Waals surface area contributed by atoms with E-state index in [-0.39, 0.29) is 34.4 Å². The molecule has 44 heavy (non-hydrogen) atoms. The smallest absolute Gasteiger partial charge is 0.251 e. The highest BCUT2D eigenvalue weighted by molar-refractivity contribution is 8.76. The van der Waals surface area contributed by atoms with Crippen LogP contribution in [0.2, 0.25) is 0 Å². The minimum absolute atomic E-state index is 0.130. The number of carbonyl (C=O) groups excluding carboxylic acids is 2. The van der Waals surface area contributed by atoms with Crippen LogP contribution in [0.3, 0.4) is 0 Å². The Labute approximate surface area is 271 Å². The zero-order valence-corrected chi connectivity index (χ0v) is 27.4. The number of carbonyl (C=O) groups is 2. The van der Waals surface area contributed by atoms with Crippen molar-refractivity contribution in [2.24, 2.45) is 0 Å². The Morgan fingerprint density at radius 2 is 1.05 bits per heavy atom. The van der Waals surface area contributed by atoms with Gasteiger partial charge in [-0.2, -0.15) is 0 Å². The summed E-state index contributed by atoms with van der Waals surface area (Å²) in [7, 11) is 3.16. The minimum Gasteiger partial charge on any atom is -0.325 e. The molecule has 0 atom stereocenters. The lowest BCUT2D eigenvalue weighted by molar-refractivity contribution is -0.114. The van der Waals surface area contributed by atoms with Crippen molar-refractivity contribution in [3.63, 3.8) is 0 Å². The van der Waals surface area contributed by atoms with Gasteiger partial charge in [-0.1, -0.05) is 71.8 Å². The normalized spacial score (nSPS) is 10.9. The van der Waals surface area contributed by atoms with Crippen molar-refractivity contribution >= 4 is 68.3 Å². The van der Waals surface area contributed by atoms with Crippen molar-refractivity contribution in [1.29, 1.82) is 0 Å². The van der Waals surface area contributed by atoms with E-state index in [9.17, 15) is 19.2 Å². The van der Waals surface area contributed by atoms with E-state index in [2.05, 4.69) is 30.6 Å². The van der Waals surface area contributed by atoms with Crippen LogP contribution in [0.4, 0.5) is 11.4 Å². The summed E-state index contributed by atoms with van der Waals surface area (Å²) in [5, 5.41) is 6.61. The molecule has 0 spiro atoms. The molecule has 10 nitrogen and oxygen atoms in total. The number of rotatable bonds is 15. The Morgan fingerprint density at radius 3 is 1.41 bits per heavy atom. The van der Waals surface area contributed by atoms with Crippen LogP contribution in [-0.4, -0.2) is 43.3 Å². The maximum atomic E-state index is 12.4. The summed E-state index contributed by atoms with van der Waals surface area (Å²) in [5.74, 6) is -0.116. The number of aromatic nitrogens is 4. The number of thioether (sulfide) groups is 2. The van der Waals surface area contributed by atoms with Crippen LogP contribution in [0.5, 0.6) is 0 Å². The van der Waals surface area contributed by atoms with Crippen LogP contribution in [0.15, 0.2) is 90.4 Å². The first-order valence-corrected chi connectivity index (χ1v) is 18.0. The molecule has 4 N–H and O–H groups in total. The van der Waals surface area contributed by atoms with Crippen molar-refractivity contribution in [3.8, 4) is 0 Å². The van der Waals surface area contributed by atoms with E-state index in [0.717, 1.165) is 34.0 Å². The van der Waals surface area contributed by atoms with Gasteiger partial charge in [0.2, 0.25) is 11.8 Å². The molecule has 4 aromatic rings. The summed E-state index contributed by atoms with van der Waals surface area (Å²) in [6.45, 7) is 4.04. The van der Waals surface area contributed by atoms with Crippen molar-refractivity contribution in [3.05, 3.63) is 92.8 Å². The van der Waals surface area contributed by atoms with Gasteiger partial charge < -0.3 is 20.6 Å². The summed E-state index contributed by atoms with van der Waals surface area (Å²) in [5.41, 5.74) is 2.38. The third-order valence-electron chi connectivity index (χ3n) is 5.75. The molecule has 2 aromatic carbocycles. The lowest BCUT2D eigenvalue weighted by Gasteiger charge is -2.08. The predicted octanol–water partition coefficient (Wildman–Crippen LogP) is 6.02. The summed E-state index contributed by atoms with van der Waals surface area (Å²) in [4.78, 5) is 64.6. The molecule has 0 aliphatic rings. The van der Waals surface area contributed by atoms with Gasteiger partial charge in [0.1, 0.15) is 0 Å². The molecule has 0 unspecified atom stereocenters. The molecule has 0 radical (unpaired) electrons. The summed E-state index contributed by atoms with van der Waals surface area (Å²) in [6, 6.07) is 18.1. The van der Waals surface area contributed by atoms with E-state index in [1.807, 2.05) is 62.4 Å². The van der Waals surface area contributed by atoms with E-state index in [1.165, 1.54) is 35.7 Å². The number of H-pyrrole nitrogens is 2. The highest BCUT2D eigenvalue weighted by atomic mass is 33.1. The highest BCUT2D eigenvalue weighted by Gasteiger charge is 2.09. The van der Waals surface area contributed by atoms with Crippen molar-refractivity contribution in [2.75, 3.05) is 22.1 Å². The average Bonchev–Trinajstić information content (AvgIpc) is 2.99. The third kappa shape index (κ3) is 11.2. The number of nitrogens with zero attached hydrogens (tertiary/aromatic N) is 2. The fourth-order valence-electron chi connectivity index (χ4n) is 3.82. The molecule has 0 aliphatic heterocycles. The molecular formula is C30H32N6O4S4. The Kier molecular flexibility index (Phi) is 13.0. The van der Waals surface area contributed by atoms with Gasteiger partial charge in [-0.25, -0.2) is 9.97 Å². The maximum absolute atomic E-state index is 12.4. The monoisotopic (exact) mass is 668 g/mol. The Bertz CT molecular complexity index is 1550. The van der Waals surface area contributed by atoms with Crippen LogP contribution in [0, 0.1) is 0 Å². The van der Waals surface area contributed by atoms with Crippen LogP contribution in [0.25, 0.3) is 0 Å². The standard InChI is InChI=1S/C30H32N6O4S4/c1-3-5-21-15-25(37)35-29(33-21)41-17-27(39)31-19-7-11-23(12-8-19)43-44-24-13-9-20(10-14-24)32-28(40)18-42-30-34-22(6-4-2)16-26(38)36-30/h7-16H,3-6,17-18H2,1-2H3,(H,31,39)(H,32,40)(H,33,35,37)(H,34,36,38). The second-order valence-corrected chi connectivity index (χ2v) is 13.7. The predicted molar refractivity (Wildman–Crippen MR) is 181 cm³/mol. The molecule has 2 amide bonds. The summed E-state index contributed by atoms with van der Waals surface area (Å²) >= 11 is 2.39. The first-order chi connectivity index (χ1) is 21.3. The average molecular weight is 669 g/mol. The zero-order chi connectivity index (χ0) is 31.3. The molecular weight excluding hydrogens is 637 g/mol. The maximum Gasteiger partial charge on any atom is 0.251 e. The van der Waals surface area contributed by atoms with Crippen molar-refractivity contribution in [2.45, 2.75) is 59.6 Å². The minimum atomic E-state index is -0.215. The van der Waals surface area contributed by atoms with E-state index in [1.54, 1.807) is 21.6 Å². The second kappa shape index (κ2) is 17.1. The Hall–Kier alpha value is -3.46. The molecule has 0 saturated heterocycles. The fraction of sp³-hybridized carbons (Fsp3) is 0.267. The number of aryl methyl sites for hydroxylation is 2. The largest absolute Gasteiger partial charge is 0.325 e. The SMILES string of the molecule is CCCc1cc(=O)[nH]c(SCC(=O)Nc2ccc(SSc3ccc(NC(=O)CSc4nc(CCC)cc(=O)[nH]4)cc3)cc2)n1. The molecule has 0 saturated carbocycles. The van der Waals surface area contributed by atoms with E-state index in [4.69, 9.17) is 0 Å². The van der Waals surface area contributed by atoms with Gasteiger partial charge in [0.25, 0.3) is 11.1 Å². The number of benzene rings is 2. The van der Waals surface area contributed by atoms with Crippen LogP contribution < -0.4 is 21.8 Å². The lowest BCUT2D eigenvalue weighted by atomic mass is 10.2. The van der Waals surface area contributed by atoms with Gasteiger partial charge in [-0.3, -0.25) is 19.2 Å². The Morgan fingerprint density at radius 1 is 0.659 bits per heavy atom. The van der Waals surface area contributed by atoms with Crippen molar-refractivity contribution < 1.29 is 9.59 Å². The quantitative estimate of drug-likeness (QED) is 0.0673. The van der Waals surface area contributed by atoms with Gasteiger partial charge in [-0.05, 0) is 61.4 Å². The van der Waals surface area contributed by atoms with E-state index >= 15 is 0 Å². The van der Waals surface area contributed by atoms with Gasteiger partial charge in [0.15, 0.2) is 10.3 Å². The first kappa shape index (κ1) is 33.4. The number of nitrogens with one attached hydrogen (secondary N) is 4. The molecule has 14 heteroatoms. The van der Waals surface area contributed by atoms with E-state index in [0.29, 0.717) is 34.5 Å². The molecule has 2 aromatic heterocycles. The molecule has 230 valence electrons. The van der Waals surface area contributed by atoms with E-state index < -0.39 is 0 Å². The van der Waals surface area contributed by atoms with Crippen molar-refractivity contribution in [1.82, 2.24) is 19.9 Å². The number of amides is 2.